The van der Waals surface area contributed by atoms with E-state index in [1.165, 1.54) is 32.3 Å². The maximum Gasteiger partial charge on any atom is 0.391 e. The number of rotatable bonds is 1. The summed E-state index contributed by atoms with van der Waals surface area (Å²) in [7, 11) is 1.68. The highest BCUT2D eigenvalue weighted by Gasteiger charge is 2.42. The van der Waals surface area contributed by atoms with Crippen LogP contribution in [0, 0.1) is 5.92 Å². The number of aromatic carboxylic acids is 1. The van der Waals surface area contributed by atoms with Crippen LogP contribution >= 0.6 is 0 Å². The zero-order valence-electron chi connectivity index (χ0n) is 14.9. The summed E-state index contributed by atoms with van der Waals surface area (Å²) in [4.78, 5) is 25.8. The Morgan fingerprint density at radius 2 is 1.86 bits per heavy atom. The van der Waals surface area contributed by atoms with Crippen LogP contribution in [0.15, 0.2) is 24.4 Å². The number of piperidine rings is 1. The first kappa shape index (κ1) is 18.3. The van der Waals surface area contributed by atoms with Crippen molar-refractivity contribution in [3.8, 4) is 0 Å². The number of hydrogen-bond acceptors (Lipinski definition) is 3. The van der Waals surface area contributed by atoms with Gasteiger partial charge in [-0.1, -0.05) is 0 Å². The standard InChI is InChI=1S/C18H17F3N4O3/c1-23-9-13-12-8-10(16(26)27)2-3-14(12)25(15(13)22-23)17(28)24-6-4-11(5-7-24)18(19,20)21/h2-3,8-9,11H,4-7H2,1H3,(H,26,27). The minimum atomic E-state index is -4.25. The number of halogens is 3. The van der Waals surface area contributed by atoms with Crippen LogP contribution in [0.2, 0.25) is 0 Å². The summed E-state index contributed by atoms with van der Waals surface area (Å²) < 4.78 is 41.6. The van der Waals surface area contributed by atoms with Gasteiger partial charge in [-0.05, 0) is 31.0 Å². The summed E-state index contributed by atoms with van der Waals surface area (Å²) in [5.74, 6) is -2.49. The number of carbonyl (C=O) groups excluding carboxylic acids is 1. The zero-order chi connectivity index (χ0) is 20.2. The average Bonchev–Trinajstić information content (AvgIpc) is 3.14. The van der Waals surface area contributed by atoms with E-state index in [0.29, 0.717) is 21.9 Å². The molecule has 1 amide bonds. The number of aryl methyl sites for hydroxylation is 1. The van der Waals surface area contributed by atoms with Crippen molar-refractivity contribution in [2.75, 3.05) is 13.1 Å². The minimum absolute atomic E-state index is 0.00419. The third kappa shape index (κ3) is 2.88. The van der Waals surface area contributed by atoms with Gasteiger partial charge in [0.25, 0.3) is 0 Å². The molecule has 1 aliphatic heterocycles. The third-order valence-electron chi connectivity index (χ3n) is 5.22. The molecule has 1 aliphatic rings. The van der Waals surface area contributed by atoms with E-state index < -0.39 is 24.1 Å². The molecule has 0 aliphatic carbocycles. The molecule has 3 aromatic rings. The van der Waals surface area contributed by atoms with E-state index >= 15 is 0 Å². The molecule has 1 N–H and O–H groups in total. The predicted molar refractivity (Wildman–Crippen MR) is 94.3 cm³/mol. The second kappa shape index (κ2) is 6.25. The quantitative estimate of drug-likeness (QED) is 0.685. The molecule has 10 heteroatoms. The van der Waals surface area contributed by atoms with Gasteiger partial charge < -0.3 is 10.0 Å². The van der Waals surface area contributed by atoms with Gasteiger partial charge in [0, 0.05) is 37.1 Å². The first-order valence-corrected chi connectivity index (χ1v) is 8.74. The second-order valence-corrected chi connectivity index (χ2v) is 7.00. The number of nitrogens with zero attached hydrogens (tertiary/aromatic N) is 4. The second-order valence-electron chi connectivity index (χ2n) is 7.00. The van der Waals surface area contributed by atoms with E-state index in [2.05, 4.69) is 5.10 Å². The Kier molecular flexibility index (Phi) is 4.09. The van der Waals surface area contributed by atoms with Gasteiger partial charge in [0.2, 0.25) is 0 Å². The highest BCUT2D eigenvalue weighted by atomic mass is 19.4. The van der Waals surface area contributed by atoms with Crippen molar-refractivity contribution in [1.29, 1.82) is 0 Å². The van der Waals surface area contributed by atoms with Gasteiger partial charge in [0.1, 0.15) is 0 Å². The fraction of sp³-hybridized carbons (Fsp3) is 0.389. The summed E-state index contributed by atoms with van der Waals surface area (Å²) in [5, 5.41) is 14.7. The van der Waals surface area contributed by atoms with Crippen LogP contribution in [0.3, 0.4) is 0 Å². The van der Waals surface area contributed by atoms with Crippen LogP contribution in [0.4, 0.5) is 18.0 Å². The normalized spacial score (nSPS) is 16.2. The number of carboxylic acids is 1. The molecule has 0 radical (unpaired) electrons. The Hall–Kier alpha value is -3.04. The molecular weight excluding hydrogens is 377 g/mol. The Balaban J connectivity index is 1.75. The SMILES string of the molecule is Cn1cc2c3cc(C(=O)O)ccc3n(C(=O)N3CCC(C(F)(F)F)CC3)c2n1. The van der Waals surface area contributed by atoms with Crippen molar-refractivity contribution in [1.82, 2.24) is 19.2 Å². The molecule has 0 bridgehead atoms. The van der Waals surface area contributed by atoms with E-state index in [1.54, 1.807) is 13.2 Å². The third-order valence-corrected chi connectivity index (χ3v) is 5.22. The van der Waals surface area contributed by atoms with Gasteiger partial charge in [-0.15, -0.1) is 0 Å². The molecule has 2 aromatic heterocycles. The molecule has 0 unspecified atom stereocenters. The van der Waals surface area contributed by atoms with Crippen molar-refractivity contribution in [2.45, 2.75) is 19.0 Å². The lowest BCUT2D eigenvalue weighted by atomic mass is 9.96. The maximum absolute atomic E-state index is 13.1. The van der Waals surface area contributed by atoms with Crippen molar-refractivity contribution in [3.63, 3.8) is 0 Å². The monoisotopic (exact) mass is 394 g/mol. The zero-order valence-corrected chi connectivity index (χ0v) is 14.9. The number of amides is 1. The summed E-state index contributed by atoms with van der Waals surface area (Å²) in [5.41, 5.74) is 0.905. The molecule has 1 aromatic carbocycles. The molecule has 148 valence electrons. The van der Waals surface area contributed by atoms with Gasteiger partial charge in [0.05, 0.1) is 17.0 Å². The molecule has 4 rings (SSSR count). The molecular formula is C18H17F3N4O3. The number of aromatic nitrogens is 3. The van der Waals surface area contributed by atoms with Gasteiger partial charge in [0.15, 0.2) is 5.65 Å². The van der Waals surface area contributed by atoms with Crippen LogP contribution in [0.1, 0.15) is 23.2 Å². The number of benzene rings is 1. The van der Waals surface area contributed by atoms with E-state index in [1.807, 2.05) is 0 Å². The van der Waals surface area contributed by atoms with Gasteiger partial charge in [-0.2, -0.15) is 18.3 Å². The predicted octanol–water partition coefficient (Wildman–Crippen LogP) is 3.47. The maximum atomic E-state index is 13.1. The Bertz CT molecular complexity index is 1090. The van der Waals surface area contributed by atoms with Crippen molar-refractivity contribution < 1.29 is 27.9 Å². The lowest BCUT2D eigenvalue weighted by molar-refractivity contribution is -0.183. The lowest BCUT2D eigenvalue weighted by Gasteiger charge is -2.33. The molecule has 0 saturated carbocycles. The summed E-state index contributed by atoms with van der Waals surface area (Å²) in [6.07, 6.45) is -2.84. The summed E-state index contributed by atoms with van der Waals surface area (Å²) >= 11 is 0. The Morgan fingerprint density at radius 1 is 1.18 bits per heavy atom. The van der Waals surface area contributed by atoms with Crippen molar-refractivity contribution >= 4 is 33.9 Å². The Labute approximate surface area is 156 Å². The number of likely N-dealkylation sites (tertiary alicyclic amines) is 1. The van der Waals surface area contributed by atoms with Crippen LogP contribution in [-0.4, -0.2) is 55.6 Å². The van der Waals surface area contributed by atoms with Crippen LogP contribution in [0.5, 0.6) is 0 Å². The number of hydrogen-bond donors (Lipinski definition) is 1. The molecule has 28 heavy (non-hydrogen) atoms. The van der Waals surface area contributed by atoms with Gasteiger partial charge in [-0.3, -0.25) is 4.68 Å². The smallest absolute Gasteiger partial charge is 0.391 e. The number of fused-ring (bicyclic) bond motifs is 3. The molecule has 7 nitrogen and oxygen atoms in total. The Morgan fingerprint density at radius 3 is 2.46 bits per heavy atom. The number of carbonyl (C=O) groups is 2. The fourth-order valence-corrected chi connectivity index (χ4v) is 3.76. The van der Waals surface area contributed by atoms with E-state index in [0.717, 1.165) is 0 Å². The van der Waals surface area contributed by atoms with Gasteiger partial charge in [-0.25, -0.2) is 14.2 Å². The molecule has 0 spiro atoms. The van der Waals surface area contributed by atoms with Crippen LogP contribution < -0.4 is 0 Å². The number of carboxylic acid groups (broad SMARTS) is 1. The van der Waals surface area contributed by atoms with E-state index in [4.69, 9.17) is 0 Å². The lowest BCUT2D eigenvalue weighted by Crippen LogP contribution is -2.43. The largest absolute Gasteiger partial charge is 0.478 e. The van der Waals surface area contributed by atoms with Crippen molar-refractivity contribution in [3.05, 3.63) is 30.0 Å². The molecule has 1 saturated heterocycles. The highest BCUT2D eigenvalue weighted by molar-refractivity contribution is 6.13. The summed E-state index contributed by atoms with van der Waals surface area (Å²) in [6, 6.07) is 3.94. The average molecular weight is 394 g/mol. The fourth-order valence-electron chi connectivity index (χ4n) is 3.76. The first-order valence-electron chi connectivity index (χ1n) is 8.74. The summed E-state index contributed by atoms with van der Waals surface area (Å²) in [6.45, 7) is 0.00837. The first-order chi connectivity index (χ1) is 13.2. The minimum Gasteiger partial charge on any atom is -0.478 e. The topological polar surface area (TPSA) is 80.4 Å². The van der Waals surface area contributed by atoms with Crippen LogP contribution in [-0.2, 0) is 7.05 Å². The molecule has 3 heterocycles. The van der Waals surface area contributed by atoms with E-state index in [9.17, 15) is 27.9 Å². The molecule has 0 atom stereocenters. The van der Waals surface area contributed by atoms with Crippen LogP contribution in [0.25, 0.3) is 21.9 Å². The number of alkyl halides is 3. The van der Waals surface area contributed by atoms with E-state index in [-0.39, 0.29) is 31.5 Å². The molecule has 1 fully saturated rings. The van der Waals surface area contributed by atoms with Crippen molar-refractivity contribution in [2.24, 2.45) is 13.0 Å². The highest BCUT2D eigenvalue weighted by Crippen LogP contribution is 2.35. The van der Waals surface area contributed by atoms with Gasteiger partial charge >= 0.3 is 18.2 Å².